The second kappa shape index (κ2) is 5.69. The van der Waals surface area contributed by atoms with Gasteiger partial charge in [0.15, 0.2) is 0 Å². The summed E-state index contributed by atoms with van der Waals surface area (Å²) in [7, 11) is -2.35. The molecule has 0 saturated heterocycles. The van der Waals surface area contributed by atoms with Gasteiger partial charge in [-0.05, 0) is 37.0 Å². The van der Waals surface area contributed by atoms with Crippen molar-refractivity contribution >= 4 is 32.5 Å². The van der Waals surface area contributed by atoms with Crippen LogP contribution in [0, 0.1) is 0 Å². The van der Waals surface area contributed by atoms with Gasteiger partial charge in [-0.15, -0.1) is 0 Å². The highest BCUT2D eigenvalue weighted by molar-refractivity contribution is 7.89. The molecule has 0 unspecified atom stereocenters. The highest BCUT2D eigenvalue weighted by Crippen LogP contribution is 2.43. The zero-order valence-corrected chi connectivity index (χ0v) is 14.9. The van der Waals surface area contributed by atoms with E-state index in [1.807, 2.05) is 0 Å². The van der Waals surface area contributed by atoms with Crippen LogP contribution in [0.5, 0.6) is 5.88 Å². The molecule has 0 bridgehead atoms. The molecule has 25 heavy (non-hydrogen) atoms. The molecule has 2 aromatic heterocycles. The fraction of sp³-hybridized carbons (Fsp3) is 0.250. The summed E-state index contributed by atoms with van der Waals surface area (Å²) in [5, 5.41) is 6.27. The number of primary sulfonamides is 1. The summed E-state index contributed by atoms with van der Waals surface area (Å²) in [5.41, 5.74) is 1.52. The van der Waals surface area contributed by atoms with Crippen molar-refractivity contribution in [2.24, 2.45) is 5.14 Å². The Labute approximate surface area is 149 Å². The van der Waals surface area contributed by atoms with Crippen LogP contribution in [-0.2, 0) is 10.0 Å². The van der Waals surface area contributed by atoms with E-state index in [0.29, 0.717) is 33.7 Å². The van der Waals surface area contributed by atoms with Crippen LogP contribution < -0.4 is 9.88 Å². The van der Waals surface area contributed by atoms with E-state index < -0.39 is 10.0 Å². The Morgan fingerprint density at radius 2 is 2.12 bits per heavy atom. The molecule has 1 saturated carbocycles. The second-order valence-electron chi connectivity index (χ2n) is 5.98. The van der Waals surface area contributed by atoms with Crippen molar-refractivity contribution in [3.05, 3.63) is 41.2 Å². The highest BCUT2D eigenvalue weighted by atomic mass is 35.5. The fourth-order valence-electron chi connectivity index (χ4n) is 2.88. The lowest BCUT2D eigenvalue weighted by Crippen LogP contribution is -2.11. The highest BCUT2D eigenvalue weighted by Gasteiger charge is 2.29. The third-order valence-electron chi connectivity index (χ3n) is 4.23. The Kier molecular flexibility index (Phi) is 3.71. The average Bonchev–Trinajstić information content (AvgIpc) is 3.33. The Morgan fingerprint density at radius 1 is 1.36 bits per heavy atom. The second-order valence-corrected chi connectivity index (χ2v) is 7.95. The number of methoxy groups -OCH3 is 1. The number of hydrogen-bond donors (Lipinski definition) is 1. The number of rotatable bonds is 4. The molecule has 0 radical (unpaired) electrons. The van der Waals surface area contributed by atoms with Crippen molar-refractivity contribution in [2.45, 2.75) is 23.7 Å². The lowest BCUT2D eigenvalue weighted by molar-refractivity contribution is 0.390. The Balaban J connectivity index is 1.96. The number of aromatic nitrogens is 3. The van der Waals surface area contributed by atoms with Crippen molar-refractivity contribution < 1.29 is 13.2 Å². The lowest BCUT2D eigenvalue weighted by Gasteiger charge is -2.09. The summed E-state index contributed by atoms with van der Waals surface area (Å²) < 4.78 is 30.8. The average molecular weight is 379 g/mol. The van der Waals surface area contributed by atoms with E-state index in [-0.39, 0.29) is 4.90 Å². The quantitative estimate of drug-likeness (QED) is 0.752. The molecule has 2 N–H and O–H groups in total. The van der Waals surface area contributed by atoms with Crippen LogP contribution in [0.2, 0.25) is 5.02 Å². The van der Waals surface area contributed by atoms with E-state index in [1.54, 1.807) is 36.1 Å². The summed E-state index contributed by atoms with van der Waals surface area (Å²) in [6, 6.07) is 4.88. The van der Waals surface area contributed by atoms with Gasteiger partial charge in [0, 0.05) is 28.4 Å². The standard InChI is InChI=1S/C16H15ClN4O3S/c1-24-15-12(9-2-3-9)7-19-16(20-15)21-8-14(25(18,22)23)11-5-4-10(17)6-13(11)21/h4-9H,2-3H2,1H3,(H2,18,22,23). The van der Waals surface area contributed by atoms with Crippen molar-refractivity contribution in [2.75, 3.05) is 7.11 Å². The Morgan fingerprint density at radius 3 is 2.76 bits per heavy atom. The van der Waals surface area contributed by atoms with Gasteiger partial charge in [0.1, 0.15) is 4.90 Å². The largest absolute Gasteiger partial charge is 0.481 e. The molecular weight excluding hydrogens is 364 g/mol. The Bertz CT molecular complexity index is 1090. The number of benzene rings is 1. The maximum absolute atomic E-state index is 11.9. The first-order valence-electron chi connectivity index (χ1n) is 7.63. The predicted molar refractivity (Wildman–Crippen MR) is 93.8 cm³/mol. The number of hydrogen-bond acceptors (Lipinski definition) is 5. The molecule has 0 atom stereocenters. The van der Waals surface area contributed by atoms with Crippen LogP contribution in [0.3, 0.4) is 0 Å². The molecule has 3 aromatic rings. The number of sulfonamides is 1. The molecule has 2 heterocycles. The smallest absolute Gasteiger partial charge is 0.240 e. The van der Waals surface area contributed by atoms with Gasteiger partial charge >= 0.3 is 0 Å². The maximum Gasteiger partial charge on any atom is 0.240 e. The summed E-state index contributed by atoms with van der Waals surface area (Å²) in [6.07, 6.45) is 5.32. The lowest BCUT2D eigenvalue weighted by atomic mass is 10.2. The van der Waals surface area contributed by atoms with E-state index in [1.165, 1.54) is 6.20 Å². The zero-order valence-electron chi connectivity index (χ0n) is 13.3. The third-order valence-corrected chi connectivity index (χ3v) is 5.40. The van der Waals surface area contributed by atoms with Gasteiger partial charge in [-0.25, -0.2) is 18.5 Å². The molecule has 130 valence electrons. The Hall–Kier alpha value is -2.16. The topological polar surface area (TPSA) is 100 Å². The molecular formula is C16H15ClN4O3S. The van der Waals surface area contributed by atoms with Crippen LogP contribution >= 0.6 is 11.6 Å². The first kappa shape index (κ1) is 16.3. The minimum atomic E-state index is -3.91. The molecule has 1 aromatic carbocycles. The van der Waals surface area contributed by atoms with Gasteiger partial charge in [0.2, 0.25) is 21.9 Å². The summed E-state index contributed by atoms with van der Waals surface area (Å²) in [4.78, 5) is 8.83. The minimum Gasteiger partial charge on any atom is -0.481 e. The zero-order chi connectivity index (χ0) is 17.8. The number of halogens is 1. The minimum absolute atomic E-state index is 0.00648. The van der Waals surface area contributed by atoms with Crippen molar-refractivity contribution in [3.8, 4) is 11.8 Å². The van der Waals surface area contributed by atoms with Crippen molar-refractivity contribution in [1.29, 1.82) is 0 Å². The van der Waals surface area contributed by atoms with Crippen LogP contribution in [-0.4, -0.2) is 30.1 Å². The third kappa shape index (κ3) is 2.86. The van der Waals surface area contributed by atoms with Crippen molar-refractivity contribution in [1.82, 2.24) is 14.5 Å². The van der Waals surface area contributed by atoms with Gasteiger partial charge in [-0.3, -0.25) is 4.57 Å². The van der Waals surface area contributed by atoms with Crippen LogP contribution in [0.1, 0.15) is 24.3 Å². The molecule has 0 spiro atoms. The molecule has 4 rings (SSSR count). The van der Waals surface area contributed by atoms with Gasteiger partial charge in [0.05, 0.1) is 12.6 Å². The van der Waals surface area contributed by atoms with E-state index in [9.17, 15) is 8.42 Å². The molecule has 1 aliphatic carbocycles. The van der Waals surface area contributed by atoms with E-state index in [2.05, 4.69) is 9.97 Å². The molecule has 0 amide bonds. The predicted octanol–water partition coefficient (Wildman–Crippen LogP) is 2.61. The molecule has 1 aliphatic rings. The van der Waals surface area contributed by atoms with Gasteiger partial charge in [-0.1, -0.05) is 11.6 Å². The van der Waals surface area contributed by atoms with Gasteiger partial charge in [0.25, 0.3) is 0 Å². The molecule has 7 nitrogen and oxygen atoms in total. The summed E-state index contributed by atoms with van der Waals surface area (Å²) in [6.45, 7) is 0. The van der Waals surface area contributed by atoms with Crippen molar-refractivity contribution in [3.63, 3.8) is 0 Å². The monoisotopic (exact) mass is 378 g/mol. The number of fused-ring (bicyclic) bond motifs is 1. The normalized spacial score (nSPS) is 14.8. The van der Waals surface area contributed by atoms with Crippen LogP contribution in [0.25, 0.3) is 16.9 Å². The van der Waals surface area contributed by atoms with E-state index in [4.69, 9.17) is 21.5 Å². The van der Waals surface area contributed by atoms with Crippen LogP contribution in [0.4, 0.5) is 0 Å². The molecule has 0 aliphatic heterocycles. The van der Waals surface area contributed by atoms with E-state index in [0.717, 1.165) is 18.4 Å². The first-order valence-corrected chi connectivity index (χ1v) is 9.55. The number of ether oxygens (including phenoxy) is 1. The SMILES string of the molecule is COc1nc(-n2cc(S(N)(=O)=O)c3ccc(Cl)cc32)ncc1C1CC1. The first-order chi connectivity index (χ1) is 11.9. The van der Waals surface area contributed by atoms with Gasteiger partial charge < -0.3 is 4.74 Å². The molecule has 1 fully saturated rings. The van der Waals surface area contributed by atoms with Crippen LogP contribution in [0.15, 0.2) is 35.5 Å². The van der Waals surface area contributed by atoms with Gasteiger partial charge in [-0.2, -0.15) is 4.98 Å². The van der Waals surface area contributed by atoms with E-state index >= 15 is 0 Å². The number of nitrogens with zero attached hydrogens (tertiary/aromatic N) is 3. The number of nitrogens with two attached hydrogens (primary N) is 1. The fourth-order valence-corrected chi connectivity index (χ4v) is 3.78. The molecule has 9 heteroatoms. The summed E-state index contributed by atoms with van der Waals surface area (Å²) >= 11 is 6.08. The maximum atomic E-state index is 11.9. The summed E-state index contributed by atoms with van der Waals surface area (Å²) in [5.74, 6) is 1.22.